The van der Waals surface area contributed by atoms with Crippen molar-refractivity contribution < 1.29 is 27.9 Å². The number of hydrogen-bond acceptors (Lipinski definition) is 3. The molecule has 0 aliphatic carbocycles. The highest BCUT2D eigenvalue weighted by Gasteiger charge is 2.30. The van der Waals surface area contributed by atoms with Crippen LogP contribution in [0.2, 0.25) is 0 Å². The topological polar surface area (TPSA) is 84.2 Å². The lowest BCUT2D eigenvalue weighted by atomic mass is 10.1. The standard InChI is InChI=1S/C23H22F3N3O3/c1-13-10-16(12-29-15(3)19(11-21(30)31)14(2)28-29)4-9-20(13)27-22(32)17-5-7-18(8-6-17)23(24,25)26/h4-10H,11-12H2,1-3H3,(H,27,32)(H,30,31). The number of nitrogens with one attached hydrogen (secondary N) is 1. The predicted molar refractivity (Wildman–Crippen MR) is 113 cm³/mol. The molecule has 0 saturated carbocycles. The van der Waals surface area contributed by atoms with Gasteiger partial charge in [-0.15, -0.1) is 0 Å². The van der Waals surface area contributed by atoms with E-state index in [0.29, 0.717) is 23.5 Å². The van der Waals surface area contributed by atoms with E-state index >= 15 is 0 Å². The molecule has 0 atom stereocenters. The van der Waals surface area contributed by atoms with Gasteiger partial charge in [-0.1, -0.05) is 12.1 Å². The maximum absolute atomic E-state index is 12.7. The highest BCUT2D eigenvalue weighted by Crippen LogP contribution is 2.29. The largest absolute Gasteiger partial charge is 0.481 e. The van der Waals surface area contributed by atoms with Gasteiger partial charge in [0.05, 0.1) is 24.2 Å². The Morgan fingerprint density at radius 2 is 1.72 bits per heavy atom. The summed E-state index contributed by atoms with van der Waals surface area (Å²) in [5.74, 6) is -1.42. The lowest BCUT2D eigenvalue weighted by Gasteiger charge is -2.12. The third-order valence-electron chi connectivity index (χ3n) is 5.21. The normalized spacial score (nSPS) is 11.4. The van der Waals surface area contributed by atoms with Crippen molar-refractivity contribution in [2.24, 2.45) is 0 Å². The number of carbonyl (C=O) groups is 2. The lowest BCUT2D eigenvalue weighted by molar-refractivity contribution is -0.138. The molecule has 3 rings (SSSR count). The second-order valence-corrected chi connectivity index (χ2v) is 7.56. The van der Waals surface area contributed by atoms with Gasteiger partial charge in [-0.25, -0.2) is 0 Å². The van der Waals surface area contributed by atoms with Crippen molar-refractivity contribution in [2.45, 2.75) is 39.9 Å². The van der Waals surface area contributed by atoms with Crippen LogP contribution in [0.5, 0.6) is 0 Å². The Bertz CT molecular complexity index is 1170. The molecule has 2 aromatic carbocycles. The number of anilines is 1. The van der Waals surface area contributed by atoms with E-state index < -0.39 is 23.6 Å². The van der Waals surface area contributed by atoms with Gasteiger partial charge < -0.3 is 10.4 Å². The molecule has 2 N–H and O–H groups in total. The molecule has 0 aliphatic heterocycles. The van der Waals surface area contributed by atoms with Crippen LogP contribution in [0.3, 0.4) is 0 Å². The molecule has 1 amide bonds. The minimum absolute atomic E-state index is 0.0917. The quantitative estimate of drug-likeness (QED) is 0.573. The Labute approximate surface area is 182 Å². The Hall–Kier alpha value is -3.62. The first-order chi connectivity index (χ1) is 15.0. The van der Waals surface area contributed by atoms with Gasteiger partial charge in [0, 0.05) is 22.5 Å². The third-order valence-corrected chi connectivity index (χ3v) is 5.21. The van der Waals surface area contributed by atoms with E-state index in [1.807, 2.05) is 26.0 Å². The number of aryl methyl sites for hydroxylation is 2. The number of alkyl halides is 3. The van der Waals surface area contributed by atoms with Crippen LogP contribution in [-0.2, 0) is 23.9 Å². The monoisotopic (exact) mass is 445 g/mol. The molecule has 0 spiro atoms. The van der Waals surface area contributed by atoms with Crippen LogP contribution in [-0.4, -0.2) is 26.8 Å². The van der Waals surface area contributed by atoms with Crippen molar-refractivity contribution in [3.63, 3.8) is 0 Å². The summed E-state index contributed by atoms with van der Waals surface area (Å²) in [6, 6.07) is 9.42. The van der Waals surface area contributed by atoms with E-state index in [-0.39, 0.29) is 12.0 Å². The Morgan fingerprint density at radius 1 is 1.06 bits per heavy atom. The van der Waals surface area contributed by atoms with Gasteiger partial charge in [0.25, 0.3) is 5.91 Å². The van der Waals surface area contributed by atoms with Crippen molar-refractivity contribution in [1.82, 2.24) is 9.78 Å². The molecular formula is C23H22F3N3O3. The van der Waals surface area contributed by atoms with E-state index in [1.165, 1.54) is 0 Å². The number of aromatic nitrogens is 2. The molecule has 32 heavy (non-hydrogen) atoms. The number of benzene rings is 2. The van der Waals surface area contributed by atoms with Gasteiger partial charge in [-0.3, -0.25) is 14.3 Å². The summed E-state index contributed by atoms with van der Waals surface area (Å²) in [6.45, 7) is 5.83. The van der Waals surface area contributed by atoms with Crippen molar-refractivity contribution in [1.29, 1.82) is 0 Å². The third kappa shape index (κ3) is 5.16. The maximum atomic E-state index is 12.7. The van der Waals surface area contributed by atoms with E-state index in [2.05, 4.69) is 10.4 Å². The zero-order chi connectivity index (χ0) is 23.6. The predicted octanol–water partition coefficient (Wildman–Crippen LogP) is 4.75. The molecule has 0 saturated heterocycles. The van der Waals surface area contributed by atoms with Crippen LogP contribution >= 0.6 is 0 Å². The van der Waals surface area contributed by atoms with Gasteiger partial charge in [-0.2, -0.15) is 18.3 Å². The maximum Gasteiger partial charge on any atom is 0.416 e. The highest BCUT2D eigenvalue weighted by atomic mass is 19.4. The summed E-state index contributed by atoms with van der Waals surface area (Å²) in [6.07, 6.45) is -4.55. The Morgan fingerprint density at radius 3 is 2.28 bits per heavy atom. The summed E-state index contributed by atoms with van der Waals surface area (Å²) in [4.78, 5) is 23.5. The molecule has 1 aromatic heterocycles. The number of nitrogens with zero attached hydrogens (tertiary/aromatic N) is 2. The van der Waals surface area contributed by atoms with Crippen LogP contribution < -0.4 is 5.32 Å². The number of amides is 1. The second kappa shape index (κ2) is 8.86. The molecule has 0 fully saturated rings. The van der Waals surface area contributed by atoms with Crippen molar-refractivity contribution >= 4 is 17.6 Å². The zero-order valence-electron chi connectivity index (χ0n) is 17.7. The highest BCUT2D eigenvalue weighted by molar-refractivity contribution is 6.04. The lowest BCUT2D eigenvalue weighted by Crippen LogP contribution is -2.14. The summed E-state index contributed by atoms with van der Waals surface area (Å²) in [5.41, 5.74) is 3.66. The minimum Gasteiger partial charge on any atom is -0.481 e. The van der Waals surface area contributed by atoms with Crippen molar-refractivity contribution in [3.05, 3.63) is 81.7 Å². The molecule has 0 bridgehead atoms. The number of carboxylic acids is 1. The van der Waals surface area contributed by atoms with E-state index in [0.717, 1.165) is 41.1 Å². The number of aliphatic carboxylic acids is 1. The van der Waals surface area contributed by atoms with Gasteiger partial charge in [0.15, 0.2) is 0 Å². The fourth-order valence-electron chi connectivity index (χ4n) is 3.44. The number of carboxylic acid groups (broad SMARTS) is 1. The molecule has 168 valence electrons. The van der Waals surface area contributed by atoms with Crippen molar-refractivity contribution in [2.75, 3.05) is 5.32 Å². The van der Waals surface area contributed by atoms with Gasteiger partial charge in [0.1, 0.15) is 0 Å². The summed E-state index contributed by atoms with van der Waals surface area (Å²) < 4.78 is 39.8. The fourth-order valence-corrected chi connectivity index (χ4v) is 3.44. The molecule has 0 aliphatic rings. The molecule has 0 radical (unpaired) electrons. The van der Waals surface area contributed by atoms with E-state index in [1.54, 1.807) is 17.7 Å². The first-order valence-electron chi connectivity index (χ1n) is 9.78. The molecule has 6 nitrogen and oxygen atoms in total. The SMILES string of the molecule is Cc1cc(Cn2nc(C)c(CC(=O)O)c2C)ccc1NC(=O)c1ccc(C(F)(F)F)cc1. The summed E-state index contributed by atoms with van der Waals surface area (Å²) >= 11 is 0. The molecule has 9 heteroatoms. The fraction of sp³-hybridized carbons (Fsp3) is 0.261. The van der Waals surface area contributed by atoms with Crippen LogP contribution in [0, 0.1) is 20.8 Å². The minimum atomic E-state index is -4.46. The zero-order valence-corrected chi connectivity index (χ0v) is 17.7. The smallest absolute Gasteiger partial charge is 0.416 e. The average Bonchev–Trinajstić information content (AvgIpc) is 2.96. The Balaban J connectivity index is 1.73. The Kier molecular flexibility index (Phi) is 6.38. The number of rotatable bonds is 6. The average molecular weight is 445 g/mol. The molecule has 3 aromatic rings. The second-order valence-electron chi connectivity index (χ2n) is 7.56. The van der Waals surface area contributed by atoms with Gasteiger partial charge in [0.2, 0.25) is 0 Å². The molecular weight excluding hydrogens is 423 g/mol. The summed E-state index contributed by atoms with van der Waals surface area (Å²) in [7, 11) is 0. The van der Waals surface area contributed by atoms with Gasteiger partial charge in [-0.05, 0) is 62.2 Å². The molecule has 0 unspecified atom stereocenters. The van der Waals surface area contributed by atoms with Crippen molar-refractivity contribution in [3.8, 4) is 0 Å². The van der Waals surface area contributed by atoms with Crippen LogP contribution in [0.1, 0.15) is 44.0 Å². The summed E-state index contributed by atoms with van der Waals surface area (Å²) in [5, 5.41) is 16.2. The van der Waals surface area contributed by atoms with E-state index in [9.17, 15) is 22.8 Å². The van der Waals surface area contributed by atoms with Crippen LogP contribution in [0.15, 0.2) is 42.5 Å². The molecule has 1 heterocycles. The van der Waals surface area contributed by atoms with Crippen LogP contribution in [0.25, 0.3) is 0 Å². The van der Waals surface area contributed by atoms with Crippen LogP contribution in [0.4, 0.5) is 18.9 Å². The number of carbonyl (C=O) groups excluding carboxylic acids is 1. The van der Waals surface area contributed by atoms with E-state index in [4.69, 9.17) is 5.11 Å². The first-order valence-corrected chi connectivity index (χ1v) is 9.78. The first kappa shape index (κ1) is 23.1. The number of hydrogen-bond donors (Lipinski definition) is 2. The van der Waals surface area contributed by atoms with Gasteiger partial charge >= 0.3 is 12.1 Å². The number of halogens is 3.